The minimum Gasteiger partial charge on any atom is -0.497 e. The molecule has 1 aromatic heterocycles. The molecule has 0 unspecified atom stereocenters. The number of carbonyl (C=O) groups is 1. The second kappa shape index (κ2) is 6.08. The third-order valence-electron chi connectivity index (χ3n) is 3.14. The summed E-state index contributed by atoms with van der Waals surface area (Å²) in [6, 6.07) is 5.80. The lowest BCUT2D eigenvalue weighted by Crippen LogP contribution is -2.46. The van der Waals surface area contributed by atoms with Crippen molar-refractivity contribution in [3.63, 3.8) is 0 Å². The van der Waals surface area contributed by atoms with E-state index in [-0.39, 0.29) is 11.6 Å². The van der Waals surface area contributed by atoms with Crippen LogP contribution in [0.25, 0.3) is 10.9 Å². The highest BCUT2D eigenvalue weighted by Crippen LogP contribution is 2.23. The van der Waals surface area contributed by atoms with Gasteiger partial charge in [0.25, 0.3) is 0 Å². The van der Waals surface area contributed by atoms with E-state index in [9.17, 15) is 4.79 Å². The number of hydrogen-bond acceptors (Lipinski definition) is 2. The number of benzene rings is 1. The maximum absolute atomic E-state index is 11.7. The Labute approximate surface area is 125 Å². The molecule has 0 fully saturated rings. The summed E-state index contributed by atoms with van der Waals surface area (Å²) < 4.78 is 5.25. The quantitative estimate of drug-likeness (QED) is 0.810. The zero-order chi connectivity index (χ0) is 15.5. The van der Waals surface area contributed by atoms with Crippen LogP contribution in [0, 0.1) is 0 Å². The Hall–Kier alpha value is -2.17. The van der Waals surface area contributed by atoms with E-state index in [1.54, 1.807) is 7.11 Å². The Morgan fingerprint density at radius 2 is 2.10 bits per heavy atom. The number of amides is 2. The lowest BCUT2D eigenvalue weighted by Gasteiger charge is -2.20. The first-order chi connectivity index (χ1) is 9.89. The van der Waals surface area contributed by atoms with Crippen LogP contribution in [0.3, 0.4) is 0 Å². The Bertz CT molecular complexity index is 626. The third-order valence-corrected chi connectivity index (χ3v) is 3.14. The molecular formula is C16H23N3O2. The molecule has 5 nitrogen and oxygen atoms in total. The second-order valence-electron chi connectivity index (χ2n) is 6.11. The summed E-state index contributed by atoms with van der Waals surface area (Å²) in [5, 5.41) is 6.88. The van der Waals surface area contributed by atoms with Crippen molar-refractivity contribution in [1.82, 2.24) is 15.6 Å². The van der Waals surface area contributed by atoms with Gasteiger partial charge < -0.3 is 20.4 Å². The van der Waals surface area contributed by atoms with Gasteiger partial charge in [0.2, 0.25) is 0 Å². The number of methoxy groups -OCH3 is 1. The summed E-state index contributed by atoms with van der Waals surface area (Å²) >= 11 is 0. The van der Waals surface area contributed by atoms with E-state index < -0.39 is 0 Å². The van der Waals surface area contributed by atoms with Crippen molar-refractivity contribution in [2.24, 2.45) is 0 Å². The Kier molecular flexibility index (Phi) is 4.40. The van der Waals surface area contributed by atoms with Gasteiger partial charge in [0.05, 0.1) is 7.11 Å². The molecule has 1 aromatic carbocycles. The molecule has 0 atom stereocenters. The van der Waals surface area contributed by atoms with Gasteiger partial charge in [-0.2, -0.15) is 0 Å². The van der Waals surface area contributed by atoms with Gasteiger partial charge in [-0.3, -0.25) is 0 Å². The van der Waals surface area contributed by atoms with Gasteiger partial charge in [-0.25, -0.2) is 4.79 Å². The SMILES string of the molecule is COc1ccc2[nH]cc(CCNC(=O)NC(C)(C)C)c2c1. The van der Waals surface area contributed by atoms with Gasteiger partial charge in [0.1, 0.15) is 5.75 Å². The molecule has 0 spiro atoms. The summed E-state index contributed by atoms with van der Waals surface area (Å²) in [4.78, 5) is 14.9. The first-order valence-electron chi connectivity index (χ1n) is 7.09. The molecule has 0 aliphatic rings. The number of nitrogens with one attached hydrogen (secondary N) is 3. The van der Waals surface area contributed by atoms with E-state index in [0.29, 0.717) is 6.54 Å². The predicted molar refractivity (Wildman–Crippen MR) is 84.8 cm³/mol. The summed E-state index contributed by atoms with van der Waals surface area (Å²) in [6.07, 6.45) is 2.75. The lowest BCUT2D eigenvalue weighted by molar-refractivity contribution is 0.232. The Balaban J connectivity index is 1.96. The number of rotatable bonds is 4. The van der Waals surface area contributed by atoms with E-state index in [4.69, 9.17) is 4.74 Å². The van der Waals surface area contributed by atoms with Crippen molar-refractivity contribution >= 4 is 16.9 Å². The van der Waals surface area contributed by atoms with Gasteiger partial charge in [-0.15, -0.1) is 0 Å². The average molecular weight is 289 g/mol. The molecule has 0 bridgehead atoms. The molecule has 0 saturated heterocycles. The molecule has 0 aliphatic carbocycles. The smallest absolute Gasteiger partial charge is 0.315 e. The fourth-order valence-corrected chi connectivity index (χ4v) is 2.19. The lowest BCUT2D eigenvalue weighted by atomic mass is 10.1. The minimum absolute atomic E-state index is 0.139. The highest BCUT2D eigenvalue weighted by molar-refractivity contribution is 5.84. The van der Waals surface area contributed by atoms with Crippen LogP contribution in [-0.2, 0) is 6.42 Å². The molecule has 2 aromatic rings. The molecule has 2 amide bonds. The molecule has 0 aliphatic heterocycles. The second-order valence-corrected chi connectivity index (χ2v) is 6.11. The maximum Gasteiger partial charge on any atom is 0.315 e. The third kappa shape index (κ3) is 4.15. The highest BCUT2D eigenvalue weighted by atomic mass is 16.5. The number of urea groups is 1. The molecule has 0 saturated carbocycles. The predicted octanol–water partition coefficient (Wildman–Crippen LogP) is 2.82. The minimum atomic E-state index is -0.224. The molecule has 2 rings (SSSR count). The van der Waals surface area contributed by atoms with Crippen LogP contribution >= 0.6 is 0 Å². The molecule has 114 valence electrons. The summed E-state index contributed by atoms with van der Waals surface area (Å²) in [5.74, 6) is 0.835. The maximum atomic E-state index is 11.7. The summed E-state index contributed by atoms with van der Waals surface area (Å²) in [6.45, 7) is 6.46. The fourth-order valence-electron chi connectivity index (χ4n) is 2.19. The van der Waals surface area contributed by atoms with Gasteiger partial charge in [0.15, 0.2) is 0 Å². The van der Waals surface area contributed by atoms with Crippen LogP contribution < -0.4 is 15.4 Å². The number of carbonyl (C=O) groups excluding carboxylic acids is 1. The first kappa shape index (κ1) is 15.2. The highest BCUT2D eigenvalue weighted by Gasteiger charge is 2.13. The Morgan fingerprint density at radius 1 is 1.33 bits per heavy atom. The number of hydrogen-bond donors (Lipinski definition) is 3. The van der Waals surface area contributed by atoms with Crippen molar-refractivity contribution in [2.75, 3.05) is 13.7 Å². The molecule has 5 heteroatoms. The standard InChI is InChI=1S/C16H23N3O2/c1-16(2,3)19-15(20)17-8-7-11-10-18-14-6-5-12(21-4)9-13(11)14/h5-6,9-10,18H,7-8H2,1-4H3,(H2,17,19,20). The largest absolute Gasteiger partial charge is 0.497 e. The van der Waals surface area contributed by atoms with Crippen molar-refractivity contribution < 1.29 is 9.53 Å². The van der Waals surface area contributed by atoms with E-state index in [2.05, 4.69) is 15.6 Å². The van der Waals surface area contributed by atoms with Gasteiger partial charge >= 0.3 is 6.03 Å². The van der Waals surface area contributed by atoms with Crippen molar-refractivity contribution in [1.29, 1.82) is 0 Å². The number of fused-ring (bicyclic) bond motifs is 1. The number of aromatic amines is 1. The zero-order valence-corrected chi connectivity index (χ0v) is 13.0. The van der Waals surface area contributed by atoms with Crippen LogP contribution in [0.2, 0.25) is 0 Å². The number of ether oxygens (including phenoxy) is 1. The zero-order valence-electron chi connectivity index (χ0n) is 13.0. The van der Waals surface area contributed by atoms with Gasteiger partial charge in [-0.1, -0.05) is 0 Å². The number of H-pyrrole nitrogens is 1. The topological polar surface area (TPSA) is 66.1 Å². The molecule has 1 heterocycles. The fraction of sp³-hybridized carbons (Fsp3) is 0.438. The van der Waals surface area contributed by atoms with Crippen LogP contribution in [-0.4, -0.2) is 30.2 Å². The van der Waals surface area contributed by atoms with Gasteiger partial charge in [-0.05, 0) is 51.0 Å². The monoisotopic (exact) mass is 289 g/mol. The van der Waals surface area contributed by atoms with Crippen molar-refractivity contribution in [2.45, 2.75) is 32.7 Å². The normalized spacial score (nSPS) is 11.4. The van der Waals surface area contributed by atoms with Crippen molar-refractivity contribution in [3.05, 3.63) is 30.0 Å². The van der Waals surface area contributed by atoms with E-state index in [1.807, 2.05) is 45.2 Å². The first-order valence-corrected chi connectivity index (χ1v) is 7.09. The van der Waals surface area contributed by atoms with E-state index in [0.717, 1.165) is 23.1 Å². The average Bonchev–Trinajstić information content (AvgIpc) is 2.79. The van der Waals surface area contributed by atoms with Gasteiger partial charge in [0, 0.05) is 29.2 Å². The van der Waals surface area contributed by atoms with Crippen LogP contribution in [0.4, 0.5) is 4.79 Å². The summed E-state index contributed by atoms with van der Waals surface area (Å²) in [7, 11) is 1.66. The molecule has 3 N–H and O–H groups in total. The summed E-state index contributed by atoms with van der Waals surface area (Å²) in [5.41, 5.74) is 2.02. The number of aromatic nitrogens is 1. The molecule has 21 heavy (non-hydrogen) atoms. The van der Waals surface area contributed by atoms with Crippen LogP contribution in [0.15, 0.2) is 24.4 Å². The van der Waals surface area contributed by atoms with E-state index >= 15 is 0 Å². The van der Waals surface area contributed by atoms with Crippen molar-refractivity contribution in [3.8, 4) is 5.75 Å². The van der Waals surface area contributed by atoms with Crippen LogP contribution in [0.1, 0.15) is 26.3 Å². The Morgan fingerprint density at radius 3 is 2.76 bits per heavy atom. The molecule has 0 radical (unpaired) electrons. The van der Waals surface area contributed by atoms with E-state index in [1.165, 1.54) is 5.56 Å². The van der Waals surface area contributed by atoms with Crippen LogP contribution in [0.5, 0.6) is 5.75 Å². The molecular weight excluding hydrogens is 266 g/mol.